The van der Waals surface area contributed by atoms with E-state index in [1.807, 2.05) is 4.57 Å². The van der Waals surface area contributed by atoms with Crippen molar-refractivity contribution in [1.82, 2.24) is 9.55 Å². The van der Waals surface area contributed by atoms with Crippen LogP contribution < -0.4 is 0 Å². The molecule has 7 heteroatoms. The van der Waals surface area contributed by atoms with Gasteiger partial charge in [0.1, 0.15) is 5.82 Å². The van der Waals surface area contributed by atoms with Crippen LogP contribution in [0.1, 0.15) is 44.3 Å². The van der Waals surface area contributed by atoms with Gasteiger partial charge in [-0.2, -0.15) is 0 Å². The van der Waals surface area contributed by atoms with Gasteiger partial charge in [-0.05, 0) is 32.6 Å². The van der Waals surface area contributed by atoms with E-state index in [0.717, 1.165) is 25.7 Å². The van der Waals surface area contributed by atoms with Crippen molar-refractivity contribution < 1.29 is 13.2 Å². The second-order valence-corrected chi connectivity index (χ2v) is 8.40. The van der Waals surface area contributed by atoms with Crippen molar-refractivity contribution >= 4 is 19.7 Å². The molecule has 0 aromatic carbocycles. The average Bonchev–Trinajstić information content (AvgIpc) is 3.04. The van der Waals surface area contributed by atoms with E-state index in [-0.39, 0.29) is 16.7 Å². The SMILES string of the molecule is Cc1nc(S(=O)(=O)Cl)cn1CC1CCC2(CCCC2)O1. The van der Waals surface area contributed by atoms with Crippen molar-refractivity contribution in [3.05, 3.63) is 12.0 Å². The van der Waals surface area contributed by atoms with Gasteiger partial charge in [0.2, 0.25) is 0 Å². The first-order valence-corrected chi connectivity index (χ1v) is 9.35. The number of rotatable bonds is 3. The smallest absolute Gasteiger partial charge is 0.280 e. The number of halogens is 1. The molecule has 1 aliphatic carbocycles. The van der Waals surface area contributed by atoms with Crippen molar-refractivity contribution in [3.63, 3.8) is 0 Å². The average molecular weight is 319 g/mol. The molecule has 1 unspecified atom stereocenters. The molecular weight excluding hydrogens is 300 g/mol. The van der Waals surface area contributed by atoms with Gasteiger partial charge in [0, 0.05) is 16.9 Å². The molecule has 1 aliphatic heterocycles. The standard InChI is InChI=1S/C13H19ClN2O3S/c1-10-15-12(20(14,17)18)9-16(10)8-11-4-7-13(19-11)5-2-3-6-13/h9,11H,2-8H2,1H3. The fraction of sp³-hybridized carbons (Fsp3) is 0.769. The summed E-state index contributed by atoms with van der Waals surface area (Å²) in [7, 11) is 1.56. The first-order chi connectivity index (χ1) is 9.38. The number of hydrogen-bond donors (Lipinski definition) is 0. The molecule has 20 heavy (non-hydrogen) atoms. The van der Waals surface area contributed by atoms with Crippen LogP contribution in [0.3, 0.4) is 0 Å². The van der Waals surface area contributed by atoms with Crippen LogP contribution in [0.2, 0.25) is 0 Å². The van der Waals surface area contributed by atoms with E-state index in [0.29, 0.717) is 12.4 Å². The van der Waals surface area contributed by atoms with Crippen LogP contribution >= 0.6 is 10.7 Å². The highest BCUT2D eigenvalue weighted by molar-refractivity contribution is 8.13. The monoisotopic (exact) mass is 318 g/mol. The minimum absolute atomic E-state index is 0.0785. The molecule has 0 radical (unpaired) electrons. The quantitative estimate of drug-likeness (QED) is 0.804. The molecule has 3 rings (SSSR count). The molecule has 2 aliphatic rings. The second kappa shape index (κ2) is 5.00. The molecule has 1 spiro atoms. The predicted octanol–water partition coefficient (Wildman–Crippen LogP) is 2.61. The summed E-state index contributed by atoms with van der Waals surface area (Å²) >= 11 is 0. The van der Waals surface area contributed by atoms with Gasteiger partial charge in [0.15, 0.2) is 5.03 Å². The van der Waals surface area contributed by atoms with E-state index in [1.54, 1.807) is 6.92 Å². The van der Waals surface area contributed by atoms with Crippen LogP contribution in [0.4, 0.5) is 0 Å². The summed E-state index contributed by atoms with van der Waals surface area (Å²) in [5.41, 5.74) is 0.0978. The Hall–Kier alpha value is -0.590. The molecule has 1 saturated heterocycles. The fourth-order valence-corrected chi connectivity index (χ4v) is 4.13. The molecule has 1 aromatic heterocycles. The van der Waals surface area contributed by atoms with Crippen LogP contribution in [0.15, 0.2) is 11.2 Å². The van der Waals surface area contributed by atoms with E-state index in [4.69, 9.17) is 15.4 Å². The van der Waals surface area contributed by atoms with Gasteiger partial charge in [0.25, 0.3) is 9.05 Å². The molecular formula is C13H19ClN2O3S. The van der Waals surface area contributed by atoms with E-state index in [1.165, 1.54) is 19.0 Å². The zero-order valence-electron chi connectivity index (χ0n) is 11.5. The van der Waals surface area contributed by atoms with E-state index in [9.17, 15) is 8.42 Å². The molecule has 112 valence electrons. The predicted molar refractivity (Wildman–Crippen MR) is 75.3 cm³/mol. The lowest BCUT2D eigenvalue weighted by molar-refractivity contribution is -0.0420. The highest BCUT2D eigenvalue weighted by atomic mass is 35.7. The van der Waals surface area contributed by atoms with Gasteiger partial charge >= 0.3 is 0 Å². The highest BCUT2D eigenvalue weighted by Gasteiger charge is 2.42. The Morgan fingerprint density at radius 1 is 1.45 bits per heavy atom. The van der Waals surface area contributed by atoms with Gasteiger partial charge in [-0.15, -0.1) is 0 Å². The molecule has 2 fully saturated rings. The zero-order valence-corrected chi connectivity index (χ0v) is 13.1. The number of aryl methyl sites for hydroxylation is 1. The van der Waals surface area contributed by atoms with Gasteiger partial charge in [-0.25, -0.2) is 13.4 Å². The lowest BCUT2D eigenvalue weighted by Gasteiger charge is -2.24. The second-order valence-electron chi connectivity index (χ2n) is 5.89. The topological polar surface area (TPSA) is 61.2 Å². The Kier molecular flexibility index (Phi) is 3.59. The molecule has 1 saturated carbocycles. The molecule has 1 aromatic rings. The summed E-state index contributed by atoms with van der Waals surface area (Å²) in [5, 5.41) is -0.0785. The fourth-order valence-electron chi connectivity index (χ4n) is 3.41. The summed E-state index contributed by atoms with van der Waals surface area (Å²) in [4.78, 5) is 4.00. The molecule has 0 bridgehead atoms. The van der Waals surface area contributed by atoms with Crippen LogP contribution in [0, 0.1) is 6.92 Å². The van der Waals surface area contributed by atoms with Gasteiger partial charge < -0.3 is 9.30 Å². The van der Waals surface area contributed by atoms with Crippen molar-refractivity contribution in [3.8, 4) is 0 Å². The lowest BCUT2D eigenvalue weighted by Crippen LogP contribution is -2.26. The Labute approximate surface area is 123 Å². The normalized spacial score (nSPS) is 25.6. The summed E-state index contributed by atoms with van der Waals surface area (Å²) in [6.45, 7) is 2.43. The maximum absolute atomic E-state index is 11.3. The third-order valence-corrected chi connectivity index (χ3v) is 5.63. The van der Waals surface area contributed by atoms with Crippen molar-refractivity contribution in [2.75, 3.05) is 0 Å². The summed E-state index contributed by atoms with van der Waals surface area (Å²) < 4.78 is 30.7. The molecule has 2 heterocycles. The lowest BCUT2D eigenvalue weighted by atomic mass is 9.98. The molecule has 5 nitrogen and oxygen atoms in total. The van der Waals surface area contributed by atoms with Crippen molar-refractivity contribution in [2.45, 2.75) is 68.7 Å². The van der Waals surface area contributed by atoms with Crippen molar-refractivity contribution in [1.29, 1.82) is 0 Å². The molecule has 0 amide bonds. The maximum atomic E-state index is 11.3. The number of ether oxygens (including phenoxy) is 1. The van der Waals surface area contributed by atoms with E-state index >= 15 is 0 Å². The van der Waals surface area contributed by atoms with Crippen LogP contribution in [-0.2, 0) is 20.3 Å². The number of imidazole rings is 1. The Balaban J connectivity index is 1.71. The maximum Gasteiger partial charge on any atom is 0.280 e. The van der Waals surface area contributed by atoms with Crippen LogP contribution in [0.5, 0.6) is 0 Å². The summed E-state index contributed by atoms with van der Waals surface area (Å²) in [5.74, 6) is 0.653. The Morgan fingerprint density at radius 3 is 2.75 bits per heavy atom. The van der Waals surface area contributed by atoms with Crippen LogP contribution in [-0.4, -0.2) is 29.7 Å². The minimum Gasteiger partial charge on any atom is -0.370 e. The third-order valence-electron chi connectivity index (χ3n) is 4.46. The van der Waals surface area contributed by atoms with Gasteiger partial charge in [-0.1, -0.05) is 12.8 Å². The Bertz CT molecular complexity index is 605. The van der Waals surface area contributed by atoms with E-state index < -0.39 is 9.05 Å². The summed E-state index contributed by atoms with van der Waals surface area (Å²) in [6, 6.07) is 0. The summed E-state index contributed by atoms with van der Waals surface area (Å²) in [6.07, 6.45) is 8.62. The first kappa shape index (κ1) is 14.4. The first-order valence-electron chi connectivity index (χ1n) is 7.04. The van der Waals surface area contributed by atoms with E-state index in [2.05, 4.69) is 4.98 Å². The third kappa shape index (κ3) is 2.73. The zero-order chi connectivity index (χ0) is 14.4. The number of hydrogen-bond acceptors (Lipinski definition) is 4. The molecule has 1 atom stereocenters. The Morgan fingerprint density at radius 2 is 2.15 bits per heavy atom. The largest absolute Gasteiger partial charge is 0.370 e. The van der Waals surface area contributed by atoms with Crippen LogP contribution in [0.25, 0.3) is 0 Å². The van der Waals surface area contributed by atoms with Crippen molar-refractivity contribution in [2.24, 2.45) is 0 Å². The van der Waals surface area contributed by atoms with Gasteiger partial charge in [-0.3, -0.25) is 0 Å². The number of aromatic nitrogens is 2. The number of nitrogens with zero attached hydrogens (tertiary/aromatic N) is 2. The minimum atomic E-state index is -3.76. The van der Waals surface area contributed by atoms with Gasteiger partial charge in [0.05, 0.1) is 18.2 Å². The highest BCUT2D eigenvalue weighted by Crippen LogP contribution is 2.43. The molecule has 0 N–H and O–H groups in total.